The summed E-state index contributed by atoms with van der Waals surface area (Å²) in [5.74, 6) is 0.147. The first-order valence-corrected chi connectivity index (χ1v) is 10.5. The zero-order valence-corrected chi connectivity index (χ0v) is 17.5. The Morgan fingerprint density at radius 2 is 1.73 bits per heavy atom. The van der Waals surface area contributed by atoms with Gasteiger partial charge in [0.05, 0.1) is 18.2 Å². The lowest BCUT2D eigenvalue weighted by Gasteiger charge is -2.32. The van der Waals surface area contributed by atoms with Crippen molar-refractivity contribution in [3.05, 3.63) is 87.7 Å². The van der Waals surface area contributed by atoms with Crippen molar-refractivity contribution in [2.45, 2.75) is 39.2 Å². The van der Waals surface area contributed by atoms with Crippen molar-refractivity contribution >= 4 is 5.91 Å². The summed E-state index contributed by atoms with van der Waals surface area (Å²) in [6, 6.07) is 19.7. The van der Waals surface area contributed by atoms with Gasteiger partial charge in [-0.2, -0.15) is 5.10 Å². The summed E-state index contributed by atoms with van der Waals surface area (Å²) in [5.41, 5.74) is 4.87. The predicted molar refractivity (Wildman–Crippen MR) is 118 cm³/mol. The minimum atomic E-state index is -0.0725. The largest absolute Gasteiger partial charge is 0.342 e. The number of rotatable bonds is 4. The third-order valence-electron chi connectivity index (χ3n) is 5.80. The zero-order chi connectivity index (χ0) is 21.1. The van der Waals surface area contributed by atoms with Gasteiger partial charge in [0.1, 0.15) is 0 Å². The molecule has 1 fully saturated rings. The SMILES string of the molecule is Cc1cccc(CC(=O)N2CCC(n3nc(-c4ccccc4)c(C)cc3=O)CC2)c1. The maximum absolute atomic E-state index is 12.7. The van der Waals surface area contributed by atoms with Crippen LogP contribution in [0.2, 0.25) is 0 Å². The number of nitrogens with zero attached hydrogens (tertiary/aromatic N) is 3. The smallest absolute Gasteiger partial charge is 0.267 e. The van der Waals surface area contributed by atoms with Crippen molar-refractivity contribution < 1.29 is 4.79 Å². The number of likely N-dealkylation sites (tertiary alicyclic amines) is 1. The van der Waals surface area contributed by atoms with Gasteiger partial charge in [0, 0.05) is 24.7 Å². The first kappa shape index (κ1) is 20.1. The van der Waals surface area contributed by atoms with Gasteiger partial charge in [-0.1, -0.05) is 60.2 Å². The Balaban J connectivity index is 1.46. The minimum Gasteiger partial charge on any atom is -0.342 e. The fourth-order valence-electron chi connectivity index (χ4n) is 4.17. The van der Waals surface area contributed by atoms with E-state index in [1.165, 1.54) is 0 Å². The molecule has 0 N–H and O–H groups in total. The summed E-state index contributed by atoms with van der Waals surface area (Å²) in [6.07, 6.45) is 1.90. The van der Waals surface area contributed by atoms with Crippen LogP contribution in [-0.2, 0) is 11.2 Å². The summed E-state index contributed by atoms with van der Waals surface area (Å²) in [7, 11) is 0. The summed E-state index contributed by atoms with van der Waals surface area (Å²) in [5, 5.41) is 4.71. The van der Waals surface area contributed by atoms with E-state index in [1.54, 1.807) is 10.7 Å². The molecule has 0 spiro atoms. The third-order valence-corrected chi connectivity index (χ3v) is 5.80. The Bertz CT molecular complexity index is 1100. The van der Waals surface area contributed by atoms with Gasteiger partial charge in [-0.3, -0.25) is 9.59 Å². The van der Waals surface area contributed by atoms with Crippen LogP contribution in [0.25, 0.3) is 11.3 Å². The second-order valence-electron chi connectivity index (χ2n) is 8.10. The molecular weight excluding hydrogens is 374 g/mol. The number of amides is 1. The van der Waals surface area contributed by atoms with E-state index in [4.69, 9.17) is 5.10 Å². The van der Waals surface area contributed by atoms with Gasteiger partial charge in [0.15, 0.2) is 0 Å². The molecule has 0 atom stereocenters. The molecule has 4 rings (SSSR count). The molecule has 1 saturated heterocycles. The molecule has 5 heteroatoms. The number of hydrogen-bond acceptors (Lipinski definition) is 3. The molecule has 1 aliphatic rings. The first-order valence-electron chi connectivity index (χ1n) is 10.5. The van der Waals surface area contributed by atoms with Crippen LogP contribution in [0.4, 0.5) is 0 Å². The molecule has 0 bridgehead atoms. The third kappa shape index (κ3) is 4.35. The predicted octanol–water partition coefficient (Wildman–Crippen LogP) is 3.93. The fourth-order valence-corrected chi connectivity index (χ4v) is 4.17. The van der Waals surface area contributed by atoms with Gasteiger partial charge in [0.25, 0.3) is 5.56 Å². The lowest BCUT2D eigenvalue weighted by Crippen LogP contribution is -2.42. The highest BCUT2D eigenvalue weighted by Gasteiger charge is 2.25. The molecule has 0 radical (unpaired) electrons. The highest BCUT2D eigenvalue weighted by atomic mass is 16.2. The molecule has 1 amide bonds. The topological polar surface area (TPSA) is 55.2 Å². The lowest BCUT2D eigenvalue weighted by molar-refractivity contribution is -0.131. The number of hydrogen-bond donors (Lipinski definition) is 0. The van der Waals surface area contributed by atoms with Crippen LogP contribution in [0.5, 0.6) is 0 Å². The number of aromatic nitrogens is 2. The minimum absolute atomic E-state index is 0.0172. The van der Waals surface area contributed by atoms with Crippen LogP contribution in [-0.4, -0.2) is 33.7 Å². The molecule has 1 aliphatic heterocycles. The summed E-state index contributed by atoms with van der Waals surface area (Å²) in [6.45, 7) is 5.26. The molecule has 154 valence electrons. The normalized spacial score (nSPS) is 14.7. The molecule has 0 unspecified atom stereocenters. The Labute approximate surface area is 177 Å². The van der Waals surface area contributed by atoms with Crippen molar-refractivity contribution in [2.75, 3.05) is 13.1 Å². The Morgan fingerprint density at radius 3 is 2.43 bits per heavy atom. The number of carbonyl (C=O) groups is 1. The van der Waals surface area contributed by atoms with E-state index in [9.17, 15) is 9.59 Å². The average Bonchev–Trinajstić information content (AvgIpc) is 2.75. The molecule has 1 aromatic heterocycles. The van der Waals surface area contributed by atoms with Crippen molar-refractivity contribution in [1.82, 2.24) is 14.7 Å². The van der Waals surface area contributed by atoms with Gasteiger partial charge < -0.3 is 4.90 Å². The maximum Gasteiger partial charge on any atom is 0.267 e. The maximum atomic E-state index is 12.7. The molecule has 2 heterocycles. The number of piperidine rings is 1. The summed E-state index contributed by atoms with van der Waals surface area (Å²) in [4.78, 5) is 27.3. The van der Waals surface area contributed by atoms with Crippen LogP contribution < -0.4 is 5.56 Å². The second-order valence-corrected chi connectivity index (χ2v) is 8.10. The Kier molecular flexibility index (Phi) is 5.79. The van der Waals surface area contributed by atoms with Crippen molar-refractivity contribution in [2.24, 2.45) is 0 Å². The van der Waals surface area contributed by atoms with Gasteiger partial charge in [-0.05, 0) is 37.8 Å². The van der Waals surface area contributed by atoms with Crippen LogP contribution >= 0.6 is 0 Å². The van der Waals surface area contributed by atoms with Crippen LogP contribution in [0.1, 0.15) is 35.6 Å². The Hall–Kier alpha value is -3.21. The van der Waals surface area contributed by atoms with Crippen molar-refractivity contribution in [3.63, 3.8) is 0 Å². The summed E-state index contributed by atoms with van der Waals surface area (Å²) < 4.78 is 1.62. The van der Waals surface area contributed by atoms with E-state index >= 15 is 0 Å². The molecular formula is C25H27N3O2. The molecule has 2 aromatic carbocycles. The Morgan fingerprint density at radius 1 is 1.00 bits per heavy atom. The van der Waals surface area contributed by atoms with Crippen LogP contribution in [0.15, 0.2) is 65.5 Å². The van der Waals surface area contributed by atoms with Gasteiger partial charge in [0.2, 0.25) is 5.91 Å². The molecule has 5 nitrogen and oxygen atoms in total. The van der Waals surface area contributed by atoms with E-state index in [1.807, 2.05) is 67.3 Å². The van der Waals surface area contributed by atoms with Gasteiger partial charge in [-0.25, -0.2) is 4.68 Å². The zero-order valence-electron chi connectivity index (χ0n) is 17.5. The van der Waals surface area contributed by atoms with E-state index in [0.717, 1.165) is 40.8 Å². The van der Waals surface area contributed by atoms with Crippen LogP contribution in [0, 0.1) is 13.8 Å². The average molecular weight is 402 g/mol. The molecule has 0 saturated carbocycles. The molecule has 0 aliphatic carbocycles. The molecule has 30 heavy (non-hydrogen) atoms. The number of benzene rings is 2. The fraction of sp³-hybridized carbons (Fsp3) is 0.320. The van der Waals surface area contributed by atoms with E-state index < -0.39 is 0 Å². The highest BCUT2D eigenvalue weighted by molar-refractivity contribution is 5.78. The van der Waals surface area contributed by atoms with E-state index in [-0.39, 0.29) is 17.5 Å². The van der Waals surface area contributed by atoms with Crippen LogP contribution in [0.3, 0.4) is 0 Å². The highest BCUT2D eigenvalue weighted by Crippen LogP contribution is 2.24. The molecule has 3 aromatic rings. The number of carbonyl (C=O) groups excluding carboxylic acids is 1. The quantitative estimate of drug-likeness (QED) is 0.666. The monoisotopic (exact) mass is 401 g/mol. The van der Waals surface area contributed by atoms with Gasteiger partial charge in [-0.15, -0.1) is 0 Å². The van der Waals surface area contributed by atoms with Crippen molar-refractivity contribution in [3.8, 4) is 11.3 Å². The summed E-state index contributed by atoms with van der Waals surface area (Å²) >= 11 is 0. The van der Waals surface area contributed by atoms with E-state index in [0.29, 0.717) is 19.5 Å². The standard InChI is InChI=1S/C25H27N3O2/c1-18-7-6-8-20(15-18)17-23(29)27-13-11-22(12-14-27)28-24(30)16-19(2)25(26-28)21-9-4-3-5-10-21/h3-10,15-16,22H,11-14,17H2,1-2H3. The van der Waals surface area contributed by atoms with Gasteiger partial charge >= 0.3 is 0 Å². The first-order chi connectivity index (χ1) is 14.5. The lowest BCUT2D eigenvalue weighted by atomic mass is 10.0. The second kappa shape index (κ2) is 8.66. The van der Waals surface area contributed by atoms with E-state index in [2.05, 4.69) is 6.07 Å². The number of aryl methyl sites for hydroxylation is 2. The van der Waals surface area contributed by atoms with Crippen molar-refractivity contribution in [1.29, 1.82) is 0 Å².